The third kappa shape index (κ3) is 2.82. The smallest absolute Gasteiger partial charge is 0.153 e. The van der Waals surface area contributed by atoms with Crippen LogP contribution in [0.15, 0.2) is 6.20 Å². The van der Waals surface area contributed by atoms with E-state index in [2.05, 4.69) is 20.8 Å². The van der Waals surface area contributed by atoms with E-state index in [0.717, 1.165) is 17.5 Å². The van der Waals surface area contributed by atoms with E-state index in [1.54, 1.807) is 0 Å². The van der Waals surface area contributed by atoms with E-state index < -0.39 is 0 Å². The first kappa shape index (κ1) is 13.3. The molecule has 1 saturated carbocycles. The average molecular weight is 248 g/mol. The first-order valence-electron chi connectivity index (χ1n) is 7.07. The molecule has 1 fully saturated rings. The van der Waals surface area contributed by atoms with Crippen LogP contribution in [0.25, 0.3) is 0 Å². The topological polar surface area (TPSA) is 34.9 Å². The largest absolute Gasteiger partial charge is 0.298 e. The van der Waals surface area contributed by atoms with Crippen molar-refractivity contribution in [2.45, 2.75) is 70.8 Å². The first-order chi connectivity index (χ1) is 8.52. The lowest BCUT2D eigenvalue weighted by Crippen LogP contribution is -2.22. The summed E-state index contributed by atoms with van der Waals surface area (Å²) >= 11 is 0. The summed E-state index contributed by atoms with van der Waals surface area (Å²) in [6.45, 7) is 6.35. The standard InChI is InChI=1S/C15H24N2O/c1-15(2,3)17-10-13(11-18)14(16-17)12-8-6-4-5-7-9-12/h10-12H,4-9H2,1-3H3. The highest BCUT2D eigenvalue weighted by Gasteiger charge is 2.23. The summed E-state index contributed by atoms with van der Waals surface area (Å²) in [5.74, 6) is 0.483. The molecule has 1 aliphatic rings. The Bertz CT molecular complexity index is 407. The Morgan fingerprint density at radius 1 is 1.22 bits per heavy atom. The van der Waals surface area contributed by atoms with Crippen LogP contribution in [-0.2, 0) is 5.54 Å². The number of aldehydes is 1. The molecule has 1 heterocycles. The van der Waals surface area contributed by atoms with Gasteiger partial charge in [0.2, 0.25) is 0 Å². The number of carbonyl (C=O) groups is 1. The van der Waals surface area contributed by atoms with Gasteiger partial charge >= 0.3 is 0 Å². The second kappa shape index (κ2) is 5.25. The molecule has 1 aromatic rings. The van der Waals surface area contributed by atoms with E-state index in [4.69, 9.17) is 5.10 Å². The summed E-state index contributed by atoms with van der Waals surface area (Å²) in [7, 11) is 0. The molecule has 2 rings (SSSR count). The Morgan fingerprint density at radius 3 is 2.33 bits per heavy atom. The monoisotopic (exact) mass is 248 g/mol. The zero-order chi connectivity index (χ0) is 13.2. The first-order valence-corrected chi connectivity index (χ1v) is 7.07. The van der Waals surface area contributed by atoms with Gasteiger partial charge in [0, 0.05) is 12.1 Å². The molecule has 3 heteroatoms. The van der Waals surface area contributed by atoms with Crippen LogP contribution in [-0.4, -0.2) is 16.1 Å². The minimum Gasteiger partial charge on any atom is -0.298 e. The number of nitrogens with zero attached hydrogens (tertiary/aromatic N) is 2. The van der Waals surface area contributed by atoms with Gasteiger partial charge in [0.25, 0.3) is 0 Å². The van der Waals surface area contributed by atoms with Gasteiger partial charge in [0.05, 0.1) is 16.8 Å². The van der Waals surface area contributed by atoms with Gasteiger partial charge in [-0.3, -0.25) is 9.48 Å². The van der Waals surface area contributed by atoms with Crippen molar-refractivity contribution >= 4 is 6.29 Å². The van der Waals surface area contributed by atoms with Gasteiger partial charge in [-0.05, 0) is 33.6 Å². The molecule has 0 amide bonds. The van der Waals surface area contributed by atoms with Crippen molar-refractivity contribution < 1.29 is 4.79 Å². The van der Waals surface area contributed by atoms with Gasteiger partial charge in [-0.15, -0.1) is 0 Å². The van der Waals surface area contributed by atoms with Crippen LogP contribution < -0.4 is 0 Å². The quantitative estimate of drug-likeness (QED) is 0.588. The number of hydrogen-bond donors (Lipinski definition) is 0. The van der Waals surface area contributed by atoms with E-state index in [0.29, 0.717) is 5.92 Å². The molecule has 0 aromatic carbocycles. The van der Waals surface area contributed by atoms with E-state index >= 15 is 0 Å². The summed E-state index contributed by atoms with van der Waals surface area (Å²) in [4.78, 5) is 11.2. The predicted molar refractivity (Wildman–Crippen MR) is 73.1 cm³/mol. The molecule has 0 bridgehead atoms. The Labute approximate surface area is 110 Å². The van der Waals surface area contributed by atoms with E-state index in [-0.39, 0.29) is 5.54 Å². The molecule has 3 nitrogen and oxygen atoms in total. The van der Waals surface area contributed by atoms with Crippen molar-refractivity contribution in [3.8, 4) is 0 Å². The third-order valence-corrected chi connectivity index (χ3v) is 3.83. The lowest BCUT2D eigenvalue weighted by molar-refractivity contribution is 0.112. The van der Waals surface area contributed by atoms with Crippen molar-refractivity contribution in [1.82, 2.24) is 9.78 Å². The van der Waals surface area contributed by atoms with Crippen LogP contribution >= 0.6 is 0 Å². The SMILES string of the molecule is CC(C)(C)n1cc(C=O)c(C2CCCCCC2)n1. The lowest BCUT2D eigenvalue weighted by Gasteiger charge is -2.19. The fraction of sp³-hybridized carbons (Fsp3) is 0.733. The number of hydrogen-bond acceptors (Lipinski definition) is 2. The Kier molecular flexibility index (Phi) is 3.88. The van der Waals surface area contributed by atoms with Crippen molar-refractivity contribution in [1.29, 1.82) is 0 Å². The highest BCUT2D eigenvalue weighted by atomic mass is 16.1. The second-order valence-electron chi connectivity index (χ2n) is 6.39. The molecule has 1 aliphatic carbocycles. The van der Waals surface area contributed by atoms with Crippen LogP contribution in [0.4, 0.5) is 0 Å². The molecular weight excluding hydrogens is 224 g/mol. The second-order valence-corrected chi connectivity index (χ2v) is 6.39. The lowest BCUT2D eigenvalue weighted by atomic mass is 9.94. The minimum atomic E-state index is -0.0548. The molecule has 100 valence electrons. The maximum Gasteiger partial charge on any atom is 0.153 e. The molecule has 0 saturated heterocycles. The van der Waals surface area contributed by atoms with Crippen LogP contribution in [0.1, 0.15) is 81.3 Å². The molecule has 0 spiro atoms. The van der Waals surface area contributed by atoms with Crippen LogP contribution in [0.5, 0.6) is 0 Å². The number of carbonyl (C=O) groups excluding carboxylic acids is 1. The zero-order valence-electron chi connectivity index (χ0n) is 11.8. The number of rotatable bonds is 2. The van der Waals surface area contributed by atoms with Crippen molar-refractivity contribution in [3.63, 3.8) is 0 Å². The van der Waals surface area contributed by atoms with Crippen LogP contribution in [0.3, 0.4) is 0 Å². The van der Waals surface area contributed by atoms with E-state index in [1.165, 1.54) is 38.5 Å². The zero-order valence-corrected chi connectivity index (χ0v) is 11.8. The van der Waals surface area contributed by atoms with Crippen molar-refractivity contribution in [3.05, 3.63) is 17.5 Å². The van der Waals surface area contributed by atoms with Gasteiger partial charge in [-0.1, -0.05) is 25.7 Å². The summed E-state index contributed by atoms with van der Waals surface area (Å²) in [5, 5.41) is 4.70. The highest BCUT2D eigenvalue weighted by molar-refractivity contribution is 5.76. The Hall–Kier alpha value is -1.12. The molecule has 0 atom stereocenters. The van der Waals surface area contributed by atoms with Crippen molar-refractivity contribution in [2.75, 3.05) is 0 Å². The molecule has 0 N–H and O–H groups in total. The predicted octanol–water partition coefficient (Wildman–Crippen LogP) is 3.89. The molecule has 0 aliphatic heterocycles. The normalized spacial score (nSPS) is 18.6. The molecular formula is C15H24N2O. The summed E-state index contributed by atoms with van der Waals surface area (Å²) in [5.41, 5.74) is 1.76. The maximum atomic E-state index is 11.2. The Morgan fingerprint density at radius 2 is 1.83 bits per heavy atom. The van der Waals surface area contributed by atoms with Crippen molar-refractivity contribution in [2.24, 2.45) is 0 Å². The average Bonchev–Trinajstić information content (AvgIpc) is 2.57. The molecule has 0 unspecified atom stereocenters. The van der Waals surface area contributed by atoms with Gasteiger partial charge in [0.1, 0.15) is 0 Å². The van der Waals surface area contributed by atoms with Crippen LogP contribution in [0, 0.1) is 0 Å². The summed E-state index contributed by atoms with van der Waals surface area (Å²) in [6, 6.07) is 0. The summed E-state index contributed by atoms with van der Waals surface area (Å²) < 4.78 is 1.94. The highest BCUT2D eigenvalue weighted by Crippen LogP contribution is 2.32. The molecule has 1 aromatic heterocycles. The number of aromatic nitrogens is 2. The fourth-order valence-electron chi connectivity index (χ4n) is 2.71. The van der Waals surface area contributed by atoms with E-state index in [9.17, 15) is 4.79 Å². The molecule has 18 heavy (non-hydrogen) atoms. The van der Waals surface area contributed by atoms with Gasteiger partial charge in [-0.25, -0.2) is 0 Å². The summed E-state index contributed by atoms with van der Waals surface area (Å²) in [6.07, 6.45) is 10.4. The van der Waals surface area contributed by atoms with Gasteiger partial charge < -0.3 is 0 Å². The third-order valence-electron chi connectivity index (χ3n) is 3.83. The fourth-order valence-corrected chi connectivity index (χ4v) is 2.71. The maximum absolute atomic E-state index is 11.2. The minimum absolute atomic E-state index is 0.0548. The Balaban J connectivity index is 2.30. The van der Waals surface area contributed by atoms with Crippen LogP contribution in [0.2, 0.25) is 0 Å². The van der Waals surface area contributed by atoms with Gasteiger partial charge in [0.15, 0.2) is 6.29 Å². The molecule has 0 radical (unpaired) electrons. The van der Waals surface area contributed by atoms with E-state index in [1.807, 2.05) is 10.9 Å². The van der Waals surface area contributed by atoms with Gasteiger partial charge in [-0.2, -0.15) is 5.10 Å².